The van der Waals surface area contributed by atoms with Crippen LogP contribution in [0.15, 0.2) is 36.8 Å². The van der Waals surface area contributed by atoms with E-state index in [0.717, 1.165) is 24.6 Å². The Morgan fingerprint density at radius 1 is 1.00 bits per heavy atom. The molecular weight excluding hydrogens is 416 g/mol. The number of anilines is 3. The zero-order valence-corrected chi connectivity index (χ0v) is 18.1. The van der Waals surface area contributed by atoms with Crippen LogP contribution in [-0.4, -0.2) is 35.2 Å². The van der Waals surface area contributed by atoms with E-state index in [4.69, 9.17) is 9.47 Å². The molecule has 168 valence electrons. The number of nitrogens with one attached hydrogen (secondary N) is 1. The topological polar surface area (TPSA) is 72.4 Å². The van der Waals surface area contributed by atoms with Gasteiger partial charge in [-0.3, -0.25) is 0 Å². The second-order valence-corrected chi connectivity index (χ2v) is 7.61. The maximum atomic E-state index is 14.4. The Bertz CT molecular complexity index is 1060. The Morgan fingerprint density at radius 2 is 1.75 bits per heavy atom. The second kappa shape index (κ2) is 9.76. The van der Waals surface area contributed by atoms with Crippen LogP contribution in [0.2, 0.25) is 0 Å². The molecule has 0 atom stereocenters. The standard InChI is InChI=1S/C23H25F2N5O2/c1-15-10-19(31-2)22(25)18(21(15)24)14-32-17-12-27-23(28-13-17)29-16-6-7-20(26-11-16)30-8-4-3-5-9-30/h6-7,10-13H,3-5,8-9,14H2,1-2H3,(H,27,28,29). The fraction of sp³-hybridized carbons (Fsp3) is 0.348. The quantitative estimate of drug-likeness (QED) is 0.566. The molecule has 1 fully saturated rings. The first-order valence-electron chi connectivity index (χ1n) is 10.5. The van der Waals surface area contributed by atoms with Gasteiger partial charge >= 0.3 is 0 Å². The van der Waals surface area contributed by atoms with E-state index in [2.05, 4.69) is 25.2 Å². The summed E-state index contributed by atoms with van der Waals surface area (Å²) in [5, 5.41) is 3.08. The van der Waals surface area contributed by atoms with Crippen LogP contribution >= 0.6 is 0 Å². The van der Waals surface area contributed by atoms with Crippen molar-refractivity contribution >= 4 is 17.5 Å². The van der Waals surface area contributed by atoms with Crippen LogP contribution in [0, 0.1) is 18.6 Å². The smallest absolute Gasteiger partial charge is 0.227 e. The number of piperidine rings is 1. The first-order valence-corrected chi connectivity index (χ1v) is 10.5. The lowest BCUT2D eigenvalue weighted by Gasteiger charge is -2.27. The van der Waals surface area contributed by atoms with Gasteiger partial charge in [0.2, 0.25) is 5.95 Å². The predicted octanol–water partition coefficient (Wildman–Crippen LogP) is 4.78. The Balaban J connectivity index is 1.37. The van der Waals surface area contributed by atoms with Crippen LogP contribution in [0.25, 0.3) is 0 Å². The maximum absolute atomic E-state index is 14.4. The van der Waals surface area contributed by atoms with Crippen LogP contribution < -0.4 is 19.7 Å². The molecule has 32 heavy (non-hydrogen) atoms. The molecule has 2 aromatic heterocycles. The third-order valence-corrected chi connectivity index (χ3v) is 5.36. The Hall–Kier alpha value is -3.49. The summed E-state index contributed by atoms with van der Waals surface area (Å²) in [6.45, 7) is 3.30. The van der Waals surface area contributed by atoms with Gasteiger partial charge in [0.25, 0.3) is 0 Å². The molecule has 3 aromatic rings. The summed E-state index contributed by atoms with van der Waals surface area (Å²) >= 11 is 0. The van der Waals surface area contributed by atoms with Crippen LogP contribution in [0.3, 0.4) is 0 Å². The summed E-state index contributed by atoms with van der Waals surface area (Å²) in [4.78, 5) is 15.2. The van der Waals surface area contributed by atoms with Gasteiger partial charge in [-0.2, -0.15) is 0 Å². The third kappa shape index (κ3) is 4.87. The van der Waals surface area contributed by atoms with Crippen LogP contribution in [0.5, 0.6) is 11.5 Å². The Morgan fingerprint density at radius 3 is 2.41 bits per heavy atom. The molecule has 0 spiro atoms. The van der Waals surface area contributed by atoms with Gasteiger partial charge in [0.15, 0.2) is 17.3 Å². The highest BCUT2D eigenvalue weighted by atomic mass is 19.1. The van der Waals surface area contributed by atoms with Crippen LogP contribution in [0.1, 0.15) is 30.4 Å². The van der Waals surface area contributed by atoms with E-state index in [1.165, 1.54) is 51.8 Å². The molecule has 1 aliphatic rings. The van der Waals surface area contributed by atoms with E-state index in [-0.39, 0.29) is 29.2 Å². The number of hydrogen-bond donors (Lipinski definition) is 1. The second-order valence-electron chi connectivity index (χ2n) is 7.61. The zero-order valence-electron chi connectivity index (χ0n) is 18.1. The van der Waals surface area contributed by atoms with E-state index >= 15 is 0 Å². The summed E-state index contributed by atoms with van der Waals surface area (Å²) in [6, 6.07) is 5.22. The van der Waals surface area contributed by atoms with Crippen molar-refractivity contribution in [2.45, 2.75) is 32.8 Å². The van der Waals surface area contributed by atoms with Crippen molar-refractivity contribution in [1.82, 2.24) is 15.0 Å². The lowest BCUT2D eigenvalue weighted by molar-refractivity contribution is 0.285. The fourth-order valence-electron chi connectivity index (χ4n) is 3.59. The lowest BCUT2D eigenvalue weighted by atomic mass is 10.1. The van der Waals surface area contributed by atoms with Crippen molar-refractivity contribution in [3.8, 4) is 11.5 Å². The van der Waals surface area contributed by atoms with E-state index in [9.17, 15) is 8.78 Å². The number of nitrogens with zero attached hydrogens (tertiary/aromatic N) is 4. The van der Waals surface area contributed by atoms with Gasteiger partial charge in [0.05, 0.1) is 37.0 Å². The number of pyridine rings is 1. The highest BCUT2D eigenvalue weighted by molar-refractivity contribution is 5.55. The number of halogens is 2. The molecule has 0 radical (unpaired) electrons. The Labute approximate surface area is 185 Å². The minimum atomic E-state index is -0.782. The number of hydrogen-bond acceptors (Lipinski definition) is 7. The van der Waals surface area contributed by atoms with Crippen molar-refractivity contribution in [1.29, 1.82) is 0 Å². The summed E-state index contributed by atoms with van der Waals surface area (Å²) in [5.41, 5.74) is 0.830. The minimum Gasteiger partial charge on any atom is -0.494 e. The van der Waals surface area contributed by atoms with E-state index < -0.39 is 11.6 Å². The molecule has 1 saturated heterocycles. The van der Waals surface area contributed by atoms with E-state index in [0.29, 0.717) is 5.95 Å². The fourth-order valence-corrected chi connectivity index (χ4v) is 3.59. The average molecular weight is 441 g/mol. The van der Waals surface area contributed by atoms with Crippen molar-refractivity contribution in [2.75, 3.05) is 30.4 Å². The number of rotatable bonds is 7. The molecule has 3 heterocycles. The Kier molecular flexibility index (Phi) is 6.63. The minimum absolute atomic E-state index is 0.0294. The lowest BCUT2D eigenvalue weighted by Crippen LogP contribution is -2.29. The molecule has 0 aliphatic carbocycles. The van der Waals surface area contributed by atoms with Crippen molar-refractivity contribution in [2.24, 2.45) is 0 Å². The molecule has 0 bridgehead atoms. The van der Waals surface area contributed by atoms with Gasteiger partial charge in [-0.15, -0.1) is 0 Å². The predicted molar refractivity (Wildman–Crippen MR) is 118 cm³/mol. The number of ether oxygens (including phenoxy) is 2. The maximum Gasteiger partial charge on any atom is 0.227 e. The van der Waals surface area contributed by atoms with Gasteiger partial charge in [-0.1, -0.05) is 0 Å². The molecule has 1 aromatic carbocycles. The van der Waals surface area contributed by atoms with Gasteiger partial charge in [-0.25, -0.2) is 23.7 Å². The SMILES string of the molecule is COc1cc(C)c(F)c(COc2cnc(Nc3ccc(N4CCCCC4)nc3)nc2)c1F. The number of benzene rings is 1. The molecule has 1 N–H and O–H groups in total. The molecule has 0 amide bonds. The molecule has 9 heteroatoms. The molecule has 0 saturated carbocycles. The van der Waals surface area contributed by atoms with Crippen LogP contribution in [0.4, 0.5) is 26.2 Å². The molecule has 0 unspecified atom stereocenters. The highest BCUT2D eigenvalue weighted by Gasteiger charge is 2.18. The zero-order chi connectivity index (χ0) is 22.5. The first-order chi connectivity index (χ1) is 15.5. The molecular formula is C23H25F2N5O2. The number of aryl methyl sites for hydroxylation is 1. The molecule has 1 aliphatic heterocycles. The van der Waals surface area contributed by atoms with Crippen molar-refractivity contribution < 1.29 is 18.3 Å². The monoisotopic (exact) mass is 441 g/mol. The van der Waals surface area contributed by atoms with Gasteiger partial charge in [-0.05, 0) is 49.9 Å². The average Bonchev–Trinajstić information content (AvgIpc) is 2.83. The largest absolute Gasteiger partial charge is 0.494 e. The molecule has 7 nitrogen and oxygen atoms in total. The highest BCUT2D eigenvalue weighted by Crippen LogP contribution is 2.27. The van der Waals surface area contributed by atoms with Crippen molar-refractivity contribution in [3.63, 3.8) is 0 Å². The summed E-state index contributed by atoms with van der Waals surface area (Å²) in [6.07, 6.45) is 8.29. The first kappa shape index (κ1) is 21.7. The van der Waals surface area contributed by atoms with Gasteiger partial charge in [0, 0.05) is 13.1 Å². The summed E-state index contributed by atoms with van der Waals surface area (Å²) < 4.78 is 39.1. The van der Waals surface area contributed by atoms with Gasteiger partial charge in [0.1, 0.15) is 18.2 Å². The van der Waals surface area contributed by atoms with Gasteiger partial charge < -0.3 is 19.7 Å². The molecule has 4 rings (SSSR count). The normalized spacial score (nSPS) is 13.7. The van der Waals surface area contributed by atoms with E-state index in [1.807, 2.05) is 12.1 Å². The number of methoxy groups -OCH3 is 1. The third-order valence-electron chi connectivity index (χ3n) is 5.36. The van der Waals surface area contributed by atoms with E-state index in [1.54, 1.807) is 6.20 Å². The summed E-state index contributed by atoms with van der Waals surface area (Å²) in [7, 11) is 1.33. The summed E-state index contributed by atoms with van der Waals surface area (Å²) in [5.74, 6) is 0.136. The van der Waals surface area contributed by atoms with Crippen LogP contribution in [-0.2, 0) is 6.61 Å². The number of aromatic nitrogens is 3. The van der Waals surface area contributed by atoms with Crippen molar-refractivity contribution in [3.05, 3.63) is 59.6 Å².